The normalized spacial score (nSPS) is 25.7. The Morgan fingerprint density at radius 2 is 1.83 bits per heavy atom. The van der Waals surface area contributed by atoms with Gasteiger partial charge in [-0.25, -0.2) is 0 Å². The van der Waals surface area contributed by atoms with Gasteiger partial charge in [0, 0.05) is 31.4 Å². The summed E-state index contributed by atoms with van der Waals surface area (Å²) in [4.78, 5) is 0. The summed E-state index contributed by atoms with van der Waals surface area (Å²) in [6, 6.07) is 0. The zero-order valence-corrected chi connectivity index (χ0v) is 11.0. The van der Waals surface area contributed by atoms with Crippen molar-refractivity contribution in [1.82, 2.24) is 14.8 Å². The van der Waals surface area contributed by atoms with Gasteiger partial charge in [0.2, 0.25) is 0 Å². The zero-order chi connectivity index (χ0) is 12.4. The van der Waals surface area contributed by atoms with E-state index in [-0.39, 0.29) is 0 Å². The highest BCUT2D eigenvalue weighted by Gasteiger charge is 2.26. The molecule has 1 aliphatic carbocycles. The van der Waals surface area contributed by atoms with E-state index < -0.39 is 0 Å². The molecular formula is C14H23N3O. The summed E-state index contributed by atoms with van der Waals surface area (Å²) >= 11 is 0. The van der Waals surface area contributed by atoms with E-state index >= 15 is 0 Å². The predicted octanol–water partition coefficient (Wildman–Crippen LogP) is 2.27. The molecule has 4 nitrogen and oxygen atoms in total. The number of hydrogen-bond acceptors (Lipinski definition) is 3. The molecule has 1 aromatic rings. The first-order valence-corrected chi connectivity index (χ1v) is 7.41. The SMILES string of the molecule is OCC1CCc2nnc(C3CCCCCC3)n2C1. The van der Waals surface area contributed by atoms with Crippen molar-refractivity contribution in [3.8, 4) is 0 Å². The summed E-state index contributed by atoms with van der Waals surface area (Å²) in [5.41, 5.74) is 0. The fraction of sp³-hybridized carbons (Fsp3) is 0.857. The minimum Gasteiger partial charge on any atom is -0.396 e. The highest BCUT2D eigenvalue weighted by molar-refractivity contribution is 5.05. The van der Waals surface area contributed by atoms with E-state index in [9.17, 15) is 5.11 Å². The molecule has 18 heavy (non-hydrogen) atoms. The molecule has 1 N–H and O–H groups in total. The molecule has 4 heteroatoms. The molecule has 0 saturated heterocycles. The molecule has 0 aromatic carbocycles. The predicted molar refractivity (Wildman–Crippen MR) is 69.4 cm³/mol. The first kappa shape index (κ1) is 12.2. The molecule has 1 atom stereocenters. The van der Waals surface area contributed by atoms with Crippen LogP contribution in [0.5, 0.6) is 0 Å². The van der Waals surface area contributed by atoms with Crippen molar-refractivity contribution in [1.29, 1.82) is 0 Å². The molecule has 3 rings (SSSR count). The van der Waals surface area contributed by atoms with Gasteiger partial charge < -0.3 is 9.67 Å². The highest BCUT2D eigenvalue weighted by atomic mass is 16.3. The number of hydrogen-bond donors (Lipinski definition) is 1. The molecule has 2 heterocycles. The van der Waals surface area contributed by atoms with Crippen molar-refractivity contribution in [2.75, 3.05) is 6.61 Å². The topological polar surface area (TPSA) is 50.9 Å². The molecule has 0 radical (unpaired) electrons. The molecule has 0 amide bonds. The summed E-state index contributed by atoms with van der Waals surface area (Å²) in [7, 11) is 0. The third-order valence-electron chi connectivity index (χ3n) is 4.55. The number of fused-ring (bicyclic) bond motifs is 1. The van der Waals surface area contributed by atoms with Crippen LogP contribution in [-0.2, 0) is 13.0 Å². The monoisotopic (exact) mass is 249 g/mol. The van der Waals surface area contributed by atoms with Crippen molar-refractivity contribution < 1.29 is 5.11 Å². The second kappa shape index (κ2) is 5.39. The maximum atomic E-state index is 9.35. The number of nitrogens with zero attached hydrogens (tertiary/aromatic N) is 3. The first-order valence-electron chi connectivity index (χ1n) is 7.41. The van der Waals surface area contributed by atoms with Gasteiger partial charge in [-0.05, 0) is 19.3 Å². The van der Waals surface area contributed by atoms with Crippen molar-refractivity contribution in [3.63, 3.8) is 0 Å². The average Bonchev–Trinajstić information content (AvgIpc) is 2.64. The minimum absolute atomic E-state index is 0.293. The molecule has 1 aromatic heterocycles. The Labute approximate surface area is 108 Å². The van der Waals surface area contributed by atoms with Gasteiger partial charge >= 0.3 is 0 Å². The summed E-state index contributed by atoms with van der Waals surface area (Å²) in [6.07, 6.45) is 9.97. The summed E-state index contributed by atoms with van der Waals surface area (Å²) in [5, 5.41) is 18.2. The first-order chi connectivity index (χ1) is 8.88. The Balaban J connectivity index is 1.82. The quantitative estimate of drug-likeness (QED) is 0.818. The highest BCUT2D eigenvalue weighted by Crippen LogP contribution is 2.32. The summed E-state index contributed by atoms with van der Waals surface area (Å²) in [5.74, 6) is 3.34. The van der Waals surface area contributed by atoms with E-state index in [4.69, 9.17) is 0 Å². The second-order valence-electron chi connectivity index (χ2n) is 5.86. The van der Waals surface area contributed by atoms with Crippen LogP contribution < -0.4 is 0 Å². The Hall–Kier alpha value is -0.900. The summed E-state index contributed by atoms with van der Waals surface area (Å²) < 4.78 is 2.31. The molecule has 2 aliphatic rings. The van der Waals surface area contributed by atoms with Gasteiger partial charge in [-0.1, -0.05) is 25.7 Å². The summed E-state index contributed by atoms with van der Waals surface area (Å²) in [6.45, 7) is 1.21. The Kier molecular flexibility index (Phi) is 3.64. The third-order valence-corrected chi connectivity index (χ3v) is 4.55. The lowest BCUT2D eigenvalue weighted by Crippen LogP contribution is -2.25. The average molecular weight is 249 g/mol. The van der Waals surface area contributed by atoms with Crippen LogP contribution in [0.4, 0.5) is 0 Å². The van der Waals surface area contributed by atoms with Crippen LogP contribution in [0.2, 0.25) is 0 Å². The van der Waals surface area contributed by atoms with Gasteiger partial charge in [0.05, 0.1) is 0 Å². The van der Waals surface area contributed by atoms with Crippen molar-refractivity contribution in [2.24, 2.45) is 5.92 Å². The van der Waals surface area contributed by atoms with Crippen molar-refractivity contribution >= 4 is 0 Å². The minimum atomic E-state index is 0.293. The lowest BCUT2D eigenvalue weighted by atomic mass is 9.96. The van der Waals surface area contributed by atoms with Gasteiger partial charge in [0.25, 0.3) is 0 Å². The maximum absolute atomic E-state index is 9.35. The molecule has 1 aliphatic heterocycles. The van der Waals surface area contributed by atoms with Crippen LogP contribution in [0.15, 0.2) is 0 Å². The number of aliphatic hydroxyl groups is 1. The Bertz CT molecular complexity index is 394. The Morgan fingerprint density at radius 3 is 2.56 bits per heavy atom. The maximum Gasteiger partial charge on any atom is 0.136 e. The van der Waals surface area contributed by atoms with Crippen LogP contribution in [-0.4, -0.2) is 26.5 Å². The molecule has 1 unspecified atom stereocenters. The zero-order valence-electron chi connectivity index (χ0n) is 11.0. The van der Waals surface area contributed by atoms with Gasteiger partial charge in [-0.15, -0.1) is 10.2 Å². The van der Waals surface area contributed by atoms with E-state index in [2.05, 4.69) is 14.8 Å². The fourth-order valence-electron chi connectivity index (χ4n) is 3.40. The molecule has 0 spiro atoms. The molecule has 1 fully saturated rings. The largest absolute Gasteiger partial charge is 0.396 e. The van der Waals surface area contributed by atoms with Crippen LogP contribution in [0.25, 0.3) is 0 Å². The van der Waals surface area contributed by atoms with Crippen LogP contribution >= 0.6 is 0 Å². The second-order valence-corrected chi connectivity index (χ2v) is 5.86. The smallest absolute Gasteiger partial charge is 0.136 e. The van der Waals surface area contributed by atoms with Crippen molar-refractivity contribution in [3.05, 3.63) is 11.6 Å². The Morgan fingerprint density at radius 1 is 1.06 bits per heavy atom. The van der Waals surface area contributed by atoms with Crippen LogP contribution in [0.1, 0.15) is 62.5 Å². The van der Waals surface area contributed by atoms with Crippen LogP contribution in [0, 0.1) is 5.92 Å². The molecular weight excluding hydrogens is 226 g/mol. The van der Waals surface area contributed by atoms with Gasteiger partial charge in [0.15, 0.2) is 0 Å². The van der Waals surface area contributed by atoms with Crippen LogP contribution in [0.3, 0.4) is 0 Å². The van der Waals surface area contributed by atoms with Gasteiger partial charge in [0.1, 0.15) is 11.6 Å². The number of aryl methyl sites for hydroxylation is 1. The molecule has 100 valence electrons. The number of rotatable bonds is 2. The van der Waals surface area contributed by atoms with E-state index in [1.807, 2.05) is 0 Å². The molecule has 0 bridgehead atoms. The van der Waals surface area contributed by atoms with E-state index in [0.717, 1.165) is 25.2 Å². The molecule has 1 saturated carbocycles. The number of aliphatic hydroxyl groups excluding tert-OH is 1. The van der Waals surface area contributed by atoms with Gasteiger partial charge in [-0.2, -0.15) is 0 Å². The fourth-order valence-corrected chi connectivity index (χ4v) is 3.40. The lowest BCUT2D eigenvalue weighted by Gasteiger charge is -2.24. The standard InChI is InChI=1S/C14H23N3O/c18-10-11-7-8-13-15-16-14(17(13)9-11)12-5-3-1-2-4-6-12/h11-12,18H,1-10H2. The van der Waals surface area contributed by atoms with E-state index in [1.54, 1.807) is 0 Å². The van der Waals surface area contributed by atoms with Crippen molar-refractivity contribution in [2.45, 2.75) is 63.8 Å². The van der Waals surface area contributed by atoms with E-state index in [1.165, 1.54) is 44.3 Å². The van der Waals surface area contributed by atoms with E-state index in [0.29, 0.717) is 18.4 Å². The third kappa shape index (κ3) is 2.30. The number of aromatic nitrogens is 3. The van der Waals surface area contributed by atoms with Gasteiger partial charge in [-0.3, -0.25) is 0 Å². The lowest BCUT2D eigenvalue weighted by molar-refractivity contribution is 0.188.